The zero-order valence-electron chi connectivity index (χ0n) is 10.7. The highest BCUT2D eigenvalue weighted by molar-refractivity contribution is 5.88. The molecule has 0 aliphatic heterocycles. The van der Waals surface area contributed by atoms with Gasteiger partial charge in [0.25, 0.3) is 0 Å². The van der Waals surface area contributed by atoms with Gasteiger partial charge in [0.15, 0.2) is 5.69 Å². The van der Waals surface area contributed by atoms with Gasteiger partial charge in [-0.1, -0.05) is 0 Å². The second kappa shape index (κ2) is 4.95. The molecule has 1 amide bonds. The molecule has 2 aromatic heterocycles. The molecule has 2 rings (SSSR count). The minimum Gasteiger partial charge on any atom is -0.311 e. The third kappa shape index (κ3) is 2.95. The fourth-order valence-corrected chi connectivity index (χ4v) is 1.76. The molecule has 0 saturated carbocycles. The van der Waals surface area contributed by atoms with Crippen LogP contribution in [0, 0.1) is 0 Å². The Morgan fingerprint density at radius 3 is 2.70 bits per heavy atom. The molecule has 0 aliphatic rings. The predicted octanol–water partition coefficient (Wildman–Crippen LogP) is 2.46. The van der Waals surface area contributed by atoms with Crippen molar-refractivity contribution in [2.24, 2.45) is 7.05 Å². The van der Waals surface area contributed by atoms with Crippen LogP contribution in [0.4, 0.5) is 19.0 Å². The number of nitrogens with one attached hydrogen (secondary N) is 1. The van der Waals surface area contributed by atoms with Crippen LogP contribution in [-0.4, -0.2) is 20.7 Å². The third-order valence-electron chi connectivity index (χ3n) is 2.47. The second-order valence-corrected chi connectivity index (χ2v) is 4.17. The third-order valence-corrected chi connectivity index (χ3v) is 2.47. The highest BCUT2D eigenvalue weighted by Crippen LogP contribution is 2.36. The van der Waals surface area contributed by atoms with Gasteiger partial charge in [0.1, 0.15) is 5.82 Å². The minimum absolute atomic E-state index is 0.0611. The number of amides is 1. The summed E-state index contributed by atoms with van der Waals surface area (Å²) in [5.74, 6) is -0.163. The van der Waals surface area contributed by atoms with Gasteiger partial charge < -0.3 is 5.32 Å². The van der Waals surface area contributed by atoms with Crippen LogP contribution in [0.15, 0.2) is 24.5 Å². The summed E-state index contributed by atoms with van der Waals surface area (Å²) < 4.78 is 39.8. The smallest absolute Gasteiger partial charge is 0.311 e. The molecule has 20 heavy (non-hydrogen) atoms. The van der Waals surface area contributed by atoms with E-state index in [2.05, 4.69) is 15.4 Å². The van der Waals surface area contributed by atoms with Crippen LogP contribution in [0.5, 0.6) is 0 Å². The maximum Gasteiger partial charge on any atom is 0.435 e. The number of anilines is 1. The van der Waals surface area contributed by atoms with Crippen LogP contribution in [-0.2, 0) is 18.0 Å². The first-order chi connectivity index (χ1) is 9.27. The summed E-state index contributed by atoms with van der Waals surface area (Å²) in [6.07, 6.45) is -1.95. The van der Waals surface area contributed by atoms with Crippen molar-refractivity contribution in [3.8, 4) is 11.1 Å². The first-order valence-corrected chi connectivity index (χ1v) is 5.62. The van der Waals surface area contributed by atoms with Crippen LogP contribution in [0.3, 0.4) is 0 Å². The molecule has 0 atom stereocenters. The van der Waals surface area contributed by atoms with Crippen molar-refractivity contribution in [2.75, 3.05) is 5.32 Å². The van der Waals surface area contributed by atoms with E-state index in [0.29, 0.717) is 0 Å². The Kier molecular flexibility index (Phi) is 3.47. The molecule has 2 heterocycles. The molecule has 1 N–H and O–H groups in total. The molecule has 0 spiro atoms. The lowest BCUT2D eigenvalue weighted by Gasteiger charge is -2.07. The van der Waals surface area contributed by atoms with Gasteiger partial charge >= 0.3 is 6.18 Å². The number of aryl methyl sites for hydroxylation is 1. The zero-order valence-corrected chi connectivity index (χ0v) is 10.7. The average Bonchev–Trinajstić information content (AvgIpc) is 2.70. The summed E-state index contributed by atoms with van der Waals surface area (Å²) in [6, 6.07) is 2.80. The first kappa shape index (κ1) is 14.0. The number of aromatic nitrogens is 3. The number of nitrogens with zero attached hydrogens (tertiary/aromatic N) is 3. The van der Waals surface area contributed by atoms with Gasteiger partial charge in [-0.15, -0.1) is 0 Å². The molecule has 0 fully saturated rings. The van der Waals surface area contributed by atoms with E-state index in [4.69, 9.17) is 0 Å². The number of hydrogen-bond acceptors (Lipinski definition) is 3. The monoisotopic (exact) mass is 284 g/mol. The van der Waals surface area contributed by atoms with Crippen LogP contribution in [0.25, 0.3) is 11.1 Å². The van der Waals surface area contributed by atoms with Crippen molar-refractivity contribution in [2.45, 2.75) is 13.1 Å². The Bertz CT molecular complexity index is 648. The molecule has 5 nitrogen and oxygen atoms in total. The maximum absolute atomic E-state index is 12.9. The van der Waals surface area contributed by atoms with Gasteiger partial charge in [-0.2, -0.15) is 18.3 Å². The summed E-state index contributed by atoms with van der Waals surface area (Å²) in [5, 5.41) is 5.85. The second-order valence-electron chi connectivity index (χ2n) is 4.17. The highest BCUT2D eigenvalue weighted by atomic mass is 19.4. The van der Waals surface area contributed by atoms with Gasteiger partial charge in [-0.25, -0.2) is 4.98 Å². The van der Waals surface area contributed by atoms with E-state index in [1.165, 1.54) is 38.5 Å². The fourth-order valence-electron chi connectivity index (χ4n) is 1.76. The normalized spacial score (nSPS) is 11.4. The minimum atomic E-state index is -4.55. The molecular weight excluding hydrogens is 273 g/mol. The Hall–Kier alpha value is -2.38. The van der Waals surface area contributed by atoms with Crippen LogP contribution in [0.1, 0.15) is 12.6 Å². The SMILES string of the molecule is CC(=O)Nc1cc(-c2cn(C)nc2C(F)(F)F)ccn1. The standard InChI is InChI=1S/C12H11F3N4O/c1-7(20)17-10-5-8(3-4-16-10)9-6-19(2)18-11(9)12(13,14)15/h3-6H,1-2H3,(H,16,17,20). The summed E-state index contributed by atoms with van der Waals surface area (Å²) in [5.41, 5.74) is -0.752. The summed E-state index contributed by atoms with van der Waals surface area (Å²) in [4.78, 5) is 14.8. The molecule has 8 heteroatoms. The molecule has 106 valence electrons. The Morgan fingerprint density at radius 2 is 2.10 bits per heavy atom. The van der Waals surface area contributed by atoms with E-state index in [-0.39, 0.29) is 22.9 Å². The van der Waals surface area contributed by atoms with Gasteiger partial charge in [-0.05, 0) is 17.7 Å². The van der Waals surface area contributed by atoms with Crippen molar-refractivity contribution < 1.29 is 18.0 Å². The van der Waals surface area contributed by atoms with E-state index in [9.17, 15) is 18.0 Å². The van der Waals surface area contributed by atoms with Crippen LogP contribution < -0.4 is 5.32 Å². The van der Waals surface area contributed by atoms with E-state index >= 15 is 0 Å². The van der Waals surface area contributed by atoms with Gasteiger partial charge in [-0.3, -0.25) is 9.48 Å². The molecule has 0 bridgehead atoms. The lowest BCUT2D eigenvalue weighted by molar-refractivity contribution is -0.141. The highest BCUT2D eigenvalue weighted by Gasteiger charge is 2.37. The van der Waals surface area contributed by atoms with Crippen molar-refractivity contribution in [3.63, 3.8) is 0 Å². The molecule has 2 aromatic rings. The molecule has 0 radical (unpaired) electrons. The Labute approximate surface area is 112 Å². The number of pyridine rings is 1. The fraction of sp³-hybridized carbons (Fsp3) is 0.250. The summed E-state index contributed by atoms with van der Waals surface area (Å²) in [6.45, 7) is 1.29. The largest absolute Gasteiger partial charge is 0.435 e. The number of alkyl halides is 3. The first-order valence-electron chi connectivity index (χ1n) is 5.62. The quantitative estimate of drug-likeness (QED) is 0.921. The van der Waals surface area contributed by atoms with Crippen LogP contribution >= 0.6 is 0 Å². The van der Waals surface area contributed by atoms with Crippen molar-refractivity contribution in [3.05, 3.63) is 30.2 Å². The van der Waals surface area contributed by atoms with Crippen molar-refractivity contribution >= 4 is 11.7 Å². The topological polar surface area (TPSA) is 59.8 Å². The number of carbonyl (C=O) groups is 1. The summed E-state index contributed by atoms with van der Waals surface area (Å²) >= 11 is 0. The van der Waals surface area contributed by atoms with Crippen molar-refractivity contribution in [1.82, 2.24) is 14.8 Å². The lowest BCUT2D eigenvalue weighted by Crippen LogP contribution is -2.09. The van der Waals surface area contributed by atoms with Gasteiger partial charge in [0, 0.05) is 31.9 Å². The Morgan fingerprint density at radius 1 is 1.40 bits per heavy atom. The number of carbonyl (C=O) groups excluding carboxylic acids is 1. The molecule has 0 aliphatic carbocycles. The van der Waals surface area contributed by atoms with E-state index < -0.39 is 11.9 Å². The lowest BCUT2D eigenvalue weighted by atomic mass is 10.1. The number of rotatable bonds is 2. The predicted molar refractivity (Wildman–Crippen MR) is 65.7 cm³/mol. The molecular formula is C12H11F3N4O. The van der Waals surface area contributed by atoms with E-state index in [1.54, 1.807) is 0 Å². The molecule has 0 unspecified atom stereocenters. The van der Waals surface area contributed by atoms with E-state index in [1.807, 2.05) is 0 Å². The summed E-state index contributed by atoms with van der Waals surface area (Å²) in [7, 11) is 1.41. The zero-order chi connectivity index (χ0) is 14.9. The number of hydrogen-bond donors (Lipinski definition) is 1. The van der Waals surface area contributed by atoms with E-state index in [0.717, 1.165) is 4.68 Å². The van der Waals surface area contributed by atoms with Crippen molar-refractivity contribution in [1.29, 1.82) is 0 Å². The molecule has 0 aromatic carbocycles. The van der Waals surface area contributed by atoms with Gasteiger partial charge in [0.05, 0.1) is 0 Å². The maximum atomic E-state index is 12.9. The van der Waals surface area contributed by atoms with Gasteiger partial charge in [0.2, 0.25) is 5.91 Å². The average molecular weight is 284 g/mol. The van der Waals surface area contributed by atoms with Crippen LogP contribution in [0.2, 0.25) is 0 Å². The Balaban J connectivity index is 2.49. The number of halogens is 3. The molecule has 0 saturated heterocycles.